The van der Waals surface area contributed by atoms with E-state index in [2.05, 4.69) is 5.32 Å². The van der Waals surface area contributed by atoms with Crippen molar-refractivity contribution in [1.29, 1.82) is 0 Å². The molecular formula is C14H22Cl2F3N3O. The molecule has 0 atom stereocenters. The number of nitrogens with two attached hydrogens (primary N) is 1. The van der Waals surface area contributed by atoms with Crippen molar-refractivity contribution >= 4 is 36.4 Å². The van der Waals surface area contributed by atoms with Gasteiger partial charge in [-0.2, -0.15) is 13.2 Å². The minimum atomic E-state index is -4.20. The number of nitrogens with zero attached hydrogens (tertiary/aromatic N) is 1. The van der Waals surface area contributed by atoms with Gasteiger partial charge in [0.1, 0.15) is 0 Å². The first-order chi connectivity index (χ1) is 9.69. The minimum Gasteiger partial charge on any atom is -0.399 e. The molecule has 0 unspecified atom stereocenters. The van der Waals surface area contributed by atoms with Crippen LogP contribution >= 0.6 is 24.8 Å². The molecular weight excluding hydrogens is 354 g/mol. The number of carbonyl (C=O) groups is 1. The molecule has 9 heteroatoms. The fraction of sp³-hybridized carbons (Fsp3) is 0.500. The van der Waals surface area contributed by atoms with Crippen molar-refractivity contribution in [1.82, 2.24) is 10.2 Å². The molecule has 23 heavy (non-hydrogen) atoms. The maximum atomic E-state index is 12.1. The molecule has 1 aromatic carbocycles. The first kappa shape index (κ1) is 24.1. The van der Waals surface area contributed by atoms with Gasteiger partial charge in [-0.15, -0.1) is 24.8 Å². The van der Waals surface area contributed by atoms with E-state index in [0.29, 0.717) is 24.2 Å². The molecule has 0 radical (unpaired) electrons. The highest BCUT2D eigenvalue weighted by molar-refractivity contribution is 5.96. The van der Waals surface area contributed by atoms with E-state index >= 15 is 0 Å². The third-order valence-corrected chi connectivity index (χ3v) is 2.96. The number of rotatable bonds is 6. The van der Waals surface area contributed by atoms with E-state index in [9.17, 15) is 18.0 Å². The number of hydrogen-bond acceptors (Lipinski definition) is 3. The summed E-state index contributed by atoms with van der Waals surface area (Å²) in [5.41, 5.74) is 7.41. The molecule has 0 heterocycles. The number of hydrogen-bond donors (Lipinski definition) is 2. The normalized spacial score (nSPS) is 10.7. The molecule has 0 aliphatic heterocycles. The number of nitrogen functional groups attached to an aromatic ring is 1. The number of amides is 1. The molecule has 0 aliphatic rings. The van der Waals surface area contributed by atoms with Gasteiger partial charge in [-0.05, 0) is 44.6 Å². The standard InChI is InChI=1S/C14H20F3N3O.2ClH/c1-10-4-5-11(18)8-12(10)13(21)19-6-3-7-20(2)9-14(15,16)17;;/h4-5,8H,3,6-7,9,18H2,1-2H3,(H,19,21);2*1H. The third kappa shape index (κ3) is 9.53. The highest BCUT2D eigenvalue weighted by Crippen LogP contribution is 2.15. The molecule has 134 valence electrons. The average molecular weight is 376 g/mol. The number of halogens is 5. The largest absolute Gasteiger partial charge is 0.401 e. The van der Waals surface area contributed by atoms with Crippen LogP contribution in [0.3, 0.4) is 0 Å². The van der Waals surface area contributed by atoms with E-state index < -0.39 is 12.7 Å². The van der Waals surface area contributed by atoms with Gasteiger partial charge in [-0.3, -0.25) is 9.69 Å². The lowest BCUT2D eigenvalue weighted by atomic mass is 10.1. The van der Waals surface area contributed by atoms with Crippen LogP contribution in [0.1, 0.15) is 22.3 Å². The Morgan fingerprint density at radius 3 is 2.48 bits per heavy atom. The smallest absolute Gasteiger partial charge is 0.399 e. The van der Waals surface area contributed by atoms with E-state index in [0.717, 1.165) is 5.56 Å². The first-order valence-corrected chi connectivity index (χ1v) is 6.58. The Balaban J connectivity index is 0. The van der Waals surface area contributed by atoms with Crippen LogP contribution in [0.5, 0.6) is 0 Å². The predicted molar refractivity (Wildman–Crippen MR) is 90.6 cm³/mol. The fourth-order valence-corrected chi connectivity index (χ4v) is 1.92. The second-order valence-corrected chi connectivity index (χ2v) is 5.04. The lowest BCUT2D eigenvalue weighted by Gasteiger charge is -2.18. The van der Waals surface area contributed by atoms with Gasteiger partial charge >= 0.3 is 6.18 Å². The Morgan fingerprint density at radius 2 is 1.91 bits per heavy atom. The Bertz CT molecular complexity index is 499. The summed E-state index contributed by atoms with van der Waals surface area (Å²) in [6.07, 6.45) is -3.75. The monoisotopic (exact) mass is 375 g/mol. The van der Waals surface area contributed by atoms with Gasteiger partial charge in [0.05, 0.1) is 6.54 Å². The fourth-order valence-electron chi connectivity index (χ4n) is 1.92. The number of anilines is 1. The quantitative estimate of drug-likeness (QED) is 0.593. The van der Waals surface area contributed by atoms with E-state index in [4.69, 9.17) is 5.73 Å². The van der Waals surface area contributed by atoms with Crippen molar-refractivity contribution in [3.8, 4) is 0 Å². The first-order valence-electron chi connectivity index (χ1n) is 6.58. The highest BCUT2D eigenvalue weighted by atomic mass is 35.5. The van der Waals surface area contributed by atoms with Gasteiger partial charge < -0.3 is 11.1 Å². The van der Waals surface area contributed by atoms with Crippen LogP contribution in [0.2, 0.25) is 0 Å². The molecule has 0 fully saturated rings. The highest BCUT2D eigenvalue weighted by Gasteiger charge is 2.28. The van der Waals surface area contributed by atoms with Crippen LogP contribution < -0.4 is 11.1 Å². The van der Waals surface area contributed by atoms with Crippen LogP contribution in [-0.4, -0.2) is 43.7 Å². The lowest BCUT2D eigenvalue weighted by Crippen LogP contribution is -2.34. The summed E-state index contributed by atoms with van der Waals surface area (Å²) >= 11 is 0. The molecule has 0 aromatic heterocycles. The molecule has 1 aromatic rings. The Morgan fingerprint density at radius 1 is 1.30 bits per heavy atom. The van der Waals surface area contributed by atoms with Crippen LogP contribution in [0.15, 0.2) is 18.2 Å². The Labute approximate surface area is 146 Å². The average Bonchev–Trinajstić information content (AvgIpc) is 2.35. The Hall–Kier alpha value is -1.18. The molecule has 1 amide bonds. The van der Waals surface area contributed by atoms with Gasteiger partial charge in [0, 0.05) is 17.8 Å². The third-order valence-electron chi connectivity index (χ3n) is 2.96. The SMILES string of the molecule is Cc1ccc(N)cc1C(=O)NCCCN(C)CC(F)(F)F.Cl.Cl. The van der Waals surface area contributed by atoms with Crippen molar-refractivity contribution in [2.75, 3.05) is 32.4 Å². The second-order valence-electron chi connectivity index (χ2n) is 5.04. The summed E-state index contributed by atoms with van der Waals surface area (Å²) in [6.45, 7) is 1.42. The van der Waals surface area contributed by atoms with E-state index in [1.165, 1.54) is 11.9 Å². The van der Waals surface area contributed by atoms with Crippen LogP contribution in [0.4, 0.5) is 18.9 Å². The molecule has 1 rings (SSSR count). The summed E-state index contributed by atoms with van der Waals surface area (Å²) in [4.78, 5) is 13.1. The van der Waals surface area contributed by atoms with Crippen molar-refractivity contribution in [3.63, 3.8) is 0 Å². The van der Waals surface area contributed by atoms with Gasteiger partial charge in [0.25, 0.3) is 5.91 Å². The maximum absolute atomic E-state index is 12.1. The zero-order valence-electron chi connectivity index (χ0n) is 12.9. The van der Waals surface area contributed by atoms with Gasteiger partial charge in [-0.1, -0.05) is 6.07 Å². The number of nitrogens with one attached hydrogen (secondary N) is 1. The number of alkyl halides is 3. The van der Waals surface area contributed by atoms with E-state index in [-0.39, 0.29) is 37.3 Å². The summed E-state index contributed by atoms with van der Waals surface area (Å²) in [5.74, 6) is -0.265. The van der Waals surface area contributed by atoms with Crippen molar-refractivity contribution in [3.05, 3.63) is 29.3 Å². The van der Waals surface area contributed by atoms with Crippen LogP contribution in [0, 0.1) is 6.92 Å². The van der Waals surface area contributed by atoms with Gasteiger partial charge in [-0.25, -0.2) is 0 Å². The number of carbonyl (C=O) groups excluding carboxylic acids is 1. The summed E-state index contributed by atoms with van der Waals surface area (Å²) < 4.78 is 36.4. The number of benzene rings is 1. The maximum Gasteiger partial charge on any atom is 0.401 e. The molecule has 0 spiro atoms. The zero-order chi connectivity index (χ0) is 16.0. The zero-order valence-corrected chi connectivity index (χ0v) is 14.6. The number of aryl methyl sites for hydroxylation is 1. The Kier molecular flexibility index (Phi) is 11.1. The van der Waals surface area contributed by atoms with E-state index in [1.54, 1.807) is 25.1 Å². The van der Waals surface area contributed by atoms with Crippen LogP contribution in [-0.2, 0) is 0 Å². The van der Waals surface area contributed by atoms with Gasteiger partial charge in [0.2, 0.25) is 0 Å². The second kappa shape index (κ2) is 10.6. The van der Waals surface area contributed by atoms with E-state index in [1.807, 2.05) is 0 Å². The van der Waals surface area contributed by atoms with Crippen molar-refractivity contribution in [2.24, 2.45) is 0 Å². The molecule has 3 N–H and O–H groups in total. The molecule has 0 aliphatic carbocycles. The predicted octanol–water partition coefficient (Wildman–Crippen LogP) is 3.03. The summed E-state index contributed by atoms with van der Waals surface area (Å²) in [7, 11) is 1.40. The molecule has 0 bridgehead atoms. The minimum absolute atomic E-state index is 0. The van der Waals surface area contributed by atoms with Crippen molar-refractivity contribution < 1.29 is 18.0 Å². The lowest BCUT2D eigenvalue weighted by molar-refractivity contribution is -0.143. The molecule has 0 saturated heterocycles. The van der Waals surface area contributed by atoms with Gasteiger partial charge in [0.15, 0.2) is 0 Å². The summed E-state index contributed by atoms with van der Waals surface area (Å²) in [6, 6.07) is 5.04. The molecule has 4 nitrogen and oxygen atoms in total. The van der Waals surface area contributed by atoms with Crippen molar-refractivity contribution in [2.45, 2.75) is 19.5 Å². The topological polar surface area (TPSA) is 58.4 Å². The summed E-state index contributed by atoms with van der Waals surface area (Å²) in [5, 5.41) is 2.68. The van der Waals surface area contributed by atoms with Crippen LogP contribution in [0.25, 0.3) is 0 Å². The molecule has 0 saturated carbocycles.